The highest BCUT2D eigenvalue weighted by atomic mass is 35.5. The number of halogens is 1. The van der Waals surface area contributed by atoms with E-state index in [4.69, 9.17) is 11.1 Å². The summed E-state index contributed by atoms with van der Waals surface area (Å²) >= 11 is 0. The zero-order valence-corrected chi connectivity index (χ0v) is 8.43. The molecule has 1 heterocycles. The van der Waals surface area contributed by atoms with E-state index in [0.717, 1.165) is 5.82 Å². The van der Waals surface area contributed by atoms with E-state index >= 15 is 0 Å². The molecular weight excluding hydrogens is 188 g/mol. The van der Waals surface area contributed by atoms with Crippen LogP contribution in [-0.4, -0.2) is 24.9 Å². The second-order valence-electron chi connectivity index (χ2n) is 2.71. The Morgan fingerprint density at radius 2 is 2.08 bits per heavy atom. The van der Waals surface area contributed by atoms with Crippen LogP contribution in [0.25, 0.3) is 0 Å². The zero-order valence-electron chi connectivity index (χ0n) is 7.61. The van der Waals surface area contributed by atoms with E-state index in [0.29, 0.717) is 5.56 Å². The molecule has 0 unspecified atom stereocenters. The lowest BCUT2D eigenvalue weighted by Crippen LogP contribution is -2.14. The van der Waals surface area contributed by atoms with Crippen LogP contribution < -0.4 is 10.6 Å². The Labute approximate surface area is 83.7 Å². The first-order valence-corrected chi connectivity index (χ1v) is 3.59. The van der Waals surface area contributed by atoms with Gasteiger partial charge in [-0.1, -0.05) is 0 Å². The second kappa shape index (κ2) is 4.67. The number of hydrogen-bond donors (Lipinski definition) is 2. The number of nitrogens with one attached hydrogen (secondary N) is 1. The smallest absolute Gasteiger partial charge is 0.127 e. The van der Waals surface area contributed by atoms with Crippen LogP contribution in [0.3, 0.4) is 0 Å². The number of pyridine rings is 1. The summed E-state index contributed by atoms with van der Waals surface area (Å²) in [5, 5.41) is 7.14. The predicted molar refractivity (Wildman–Crippen MR) is 56.8 cm³/mol. The minimum atomic E-state index is 0. The van der Waals surface area contributed by atoms with Crippen LogP contribution in [0.2, 0.25) is 0 Å². The Hall–Kier alpha value is -1.29. The molecule has 0 amide bonds. The number of nitrogens with two attached hydrogens (primary N) is 1. The van der Waals surface area contributed by atoms with Gasteiger partial charge in [0.2, 0.25) is 0 Å². The summed E-state index contributed by atoms with van der Waals surface area (Å²) in [5.74, 6) is 0.910. The van der Waals surface area contributed by atoms with Gasteiger partial charge in [0.15, 0.2) is 0 Å². The minimum Gasteiger partial charge on any atom is -0.384 e. The van der Waals surface area contributed by atoms with Crippen molar-refractivity contribution in [2.75, 3.05) is 19.0 Å². The molecule has 0 aliphatic carbocycles. The molecule has 72 valence electrons. The number of amidine groups is 1. The Kier molecular flexibility index (Phi) is 4.20. The summed E-state index contributed by atoms with van der Waals surface area (Å²) < 4.78 is 0. The van der Waals surface area contributed by atoms with Gasteiger partial charge in [0.25, 0.3) is 0 Å². The lowest BCUT2D eigenvalue weighted by atomic mass is 10.2. The molecule has 1 aromatic heterocycles. The van der Waals surface area contributed by atoms with E-state index in [1.807, 2.05) is 25.1 Å². The molecule has 0 spiro atoms. The van der Waals surface area contributed by atoms with Crippen molar-refractivity contribution < 1.29 is 0 Å². The van der Waals surface area contributed by atoms with Gasteiger partial charge in [0, 0.05) is 25.9 Å². The molecule has 3 N–H and O–H groups in total. The summed E-state index contributed by atoms with van der Waals surface area (Å²) in [6.45, 7) is 0. The molecule has 0 aliphatic heterocycles. The number of nitrogens with zero attached hydrogens (tertiary/aromatic N) is 2. The van der Waals surface area contributed by atoms with Crippen LogP contribution in [0.1, 0.15) is 5.56 Å². The monoisotopic (exact) mass is 200 g/mol. The van der Waals surface area contributed by atoms with E-state index in [1.54, 1.807) is 12.3 Å². The van der Waals surface area contributed by atoms with Crippen LogP contribution in [0, 0.1) is 5.41 Å². The third-order valence-corrected chi connectivity index (χ3v) is 1.52. The average molecular weight is 201 g/mol. The number of nitrogen functional groups attached to an aromatic ring is 1. The number of hydrogen-bond acceptors (Lipinski definition) is 3. The van der Waals surface area contributed by atoms with Crippen LogP contribution >= 0.6 is 12.4 Å². The second-order valence-corrected chi connectivity index (χ2v) is 2.71. The number of rotatable bonds is 2. The van der Waals surface area contributed by atoms with E-state index in [1.165, 1.54) is 0 Å². The van der Waals surface area contributed by atoms with E-state index in [9.17, 15) is 0 Å². The highest BCUT2D eigenvalue weighted by Crippen LogP contribution is 2.06. The highest BCUT2D eigenvalue weighted by molar-refractivity contribution is 5.94. The number of aromatic nitrogens is 1. The van der Waals surface area contributed by atoms with Gasteiger partial charge in [-0.25, -0.2) is 4.98 Å². The highest BCUT2D eigenvalue weighted by Gasteiger charge is 1.98. The first-order chi connectivity index (χ1) is 5.61. The lowest BCUT2D eigenvalue weighted by Gasteiger charge is -2.10. The fourth-order valence-corrected chi connectivity index (χ4v) is 0.810. The van der Waals surface area contributed by atoms with Crippen molar-refractivity contribution in [1.82, 2.24) is 4.98 Å². The Morgan fingerprint density at radius 1 is 1.46 bits per heavy atom. The third-order valence-electron chi connectivity index (χ3n) is 1.52. The summed E-state index contributed by atoms with van der Waals surface area (Å²) in [5.41, 5.74) is 5.92. The SMILES string of the molecule is CN(C)c1ccc(C(=N)N)cn1.Cl. The van der Waals surface area contributed by atoms with Crippen molar-refractivity contribution in [1.29, 1.82) is 5.41 Å². The maximum Gasteiger partial charge on any atom is 0.127 e. The average Bonchev–Trinajstić information content (AvgIpc) is 2.04. The van der Waals surface area contributed by atoms with Crippen molar-refractivity contribution in [2.24, 2.45) is 5.73 Å². The molecule has 0 saturated heterocycles. The maximum atomic E-state index is 7.14. The van der Waals surface area contributed by atoms with Crippen molar-refractivity contribution in [3.8, 4) is 0 Å². The van der Waals surface area contributed by atoms with Crippen LogP contribution in [0.15, 0.2) is 18.3 Å². The van der Waals surface area contributed by atoms with Crippen molar-refractivity contribution in [3.05, 3.63) is 23.9 Å². The molecule has 1 rings (SSSR count). The molecule has 0 aliphatic rings. The summed E-state index contributed by atoms with van der Waals surface area (Å²) in [6.07, 6.45) is 1.59. The topological polar surface area (TPSA) is 66.0 Å². The van der Waals surface area contributed by atoms with Crippen LogP contribution in [-0.2, 0) is 0 Å². The van der Waals surface area contributed by atoms with E-state index in [2.05, 4.69) is 4.98 Å². The predicted octanol–water partition coefficient (Wildman–Crippen LogP) is 0.853. The molecule has 0 saturated carbocycles. The normalized spacial score (nSPS) is 8.77. The molecule has 1 aromatic rings. The van der Waals surface area contributed by atoms with Crippen LogP contribution in [0.4, 0.5) is 5.82 Å². The Morgan fingerprint density at radius 3 is 2.38 bits per heavy atom. The lowest BCUT2D eigenvalue weighted by molar-refractivity contribution is 1.07. The maximum absolute atomic E-state index is 7.14. The molecule has 5 heteroatoms. The Bertz CT molecular complexity index is 281. The van der Waals surface area contributed by atoms with Gasteiger partial charge in [-0.2, -0.15) is 0 Å². The van der Waals surface area contributed by atoms with E-state index in [-0.39, 0.29) is 18.2 Å². The first kappa shape index (κ1) is 11.7. The first-order valence-electron chi connectivity index (χ1n) is 3.59. The van der Waals surface area contributed by atoms with Gasteiger partial charge < -0.3 is 10.6 Å². The fraction of sp³-hybridized carbons (Fsp3) is 0.250. The van der Waals surface area contributed by atoms with E-state index < -0.39 is 0 Å². The molecule has 0 fully saturated rings. The van der Waals surface area contributed by atoms with Crippen LogP contribution in [0.5, 0.6) is 0 Å². The Balaban J connectivity index is 0.00000144. The van der Waals surface area contributed by atoms with Gasteiger partial charge in [-0.05, 0) is 12.1 Å². The minimum absolute atomic E-state index is 0. The molecule has 13 heavy (non-hydrogen) atoms. The largest absolute Gasteiger partial charge is 0.384 e. The van der Waals surface area contributed by atoms with Crippen molar-refractivity contribution in [2.45, 2.75) is 0 Å². The quantitative estimate of drug-likeness (QED) is 0.550. The summed E-state index contributed by atoms with van der Waals surface area (Å²) in [7, 11) is 3.82. The molecular formula is C8H13ClN4. The van der Waals surface area contributed by atoms with Gasteiger partial charge in [-0.15, -0.1) is 12.4 Å². The molecule has 0 aromatic carbocycles. The van der Waals surface area contributed by atoms with Gasteiger partial charge in [0.1, 0.15) is 11.7 Å². The number of anilines is 1. The fourth-order valence-electron chi connectivity index (χ4n) is 0.810. The standard InChI is InChI=1S/C8H12N4.ClH/c1-12(2)7-4-3-6(5-11-7)8(9)10;/h3-5H,1-2H3,(H3,9,10);1H. The molecule has 0 radical (unpaired) electrons. The molecule has 4 nitrogen and oxygen atoms in total. The van der Waals surface area contributed by atoms with Gasteiger partial charge in [0.05, 0.1) is 0 Å². The zero-order chi connectivity index (χ0) is 9.14. The van der Waals surface area contributed by atoms with Crippen molar-refractivity contribution >= 4 is 24.1 Å². The van der Waals surface area contributed by atoms with Gasteiger partial charge >= 0.3 is 0 Å². The summed E-state index contributed by atoms with van der Waals surface area (Å²) in [6, 6.07) is 3.61. The molecule has 0 bridgehead atoms. The molecule has 0 atom stereocenters. The summed E-state index contributed by atoms with van der Waals surface area (Å²) in [4.78, 5) is 6.00. The van der Waals surface area contributed by atoms with Crippen molar-refractivity contribution in [3.63, 3.8) is 0 Å². The third kappa shape index (κ3) is 2.91. The van der Waals surface area contributed by atoms with Gasteiger partial charge in [-0.3, -0.25) is 5.41 Å².